The number of aryl methyl sites for hydroxylation is 1. The van der Waals surface area contributed by atoms with Gasteiger partial charge in [-0.3, -0.25) is 0 Å². The smallest absolute Gasteiger partial charge is 0.191 e. The second-order valence-electron chi connectivity index (χ2n) is 6.67. The van der Waals surface area contributed by atoms with Crippen LogP contribution in [0.5, 0.6) is 5.75 Å². The molecular weight excluding hydrogens is 374 g/mol. The van der Waals surface area contributed by atoms with Crippen molar-refractivity contribution in [3.8, 4) is 5.75 Å². The lowest BCUT2D eigenvalue weighted by Gasteiger charge is -2.12. The number of sulfone groups is 1. The fraction of sp³-hybridized carbons (Fsp3) is 0.381. The highest BCUT2D eigenvalue weighted by Crippen LogP contribution is 2.11. The van der Waals surface area contributed by atoms with Crippen LogP contribution in [-0.4, -0.2) is 40.3 Å². The van der Waals surface area contributed by atoms with E-state index in [-0.39, 0.29) is 5.75 Å². The van der Waals surface area contributed by atoms with Gasteiger partial charge in [0, 0.05) is 12.8 Å². The van der Waals surface area contributed by atoms with Gasteiger partial charge in [0.1, 0.15) is 12.4 Å². The molecule has 0 amide bonds. The number of rotatable bonds is 9. The third-order valence-corrected chi connectivity index (χ3v) is 4.76. The summed E-state index contributed by atoms with van der Waals surface area (Å²) in [5.41, 5.74) is 3.01. The molecule has 2 rings (SSSR count). The number of hydrogen-bond donors (Lipinski definition) is 2. The van der Waals surface area contributed by atoms with Gasteiger partial charge in [-0.2, -0.15) is 0 Å². The van der Waals surface area contributed by atoms with Gasteiger partial charge in [0.15, 0.2) is 15.8 Å². The SMILES string of the molecule is CCNC(=NCc1ccc(CS(C)(=O)=O)cc1)NCCOc1ccc(C)cc1. The van der Waals surface area contributed by atoms with E-state index in [9.17, 15) is 8.42 Å². The van der Waals surface area contributed by atoms with E-state index in [2.05, 4.69) is 15.6 Å². The number of ether oxygens (including phenoxy) is 1. The maximum Gasteiger partial charge on any atom is 0.191 e. The molecule has 0 heterocycles. The van der Waals surface area contributed by atoms with E-state index in [0.717, 1.165) is 29.4 Å². The topological polar surface area (TPSA) is 79.8 Å². The van der Waals surface area contributed by atoms with Crippen molar-refractivity contribution >= 4 is 15.8 Å². The van der Waals surface area contributed by atoms with Crippen molar-refractivity contribution in [2.45, 2.75) is 26.1 Å². The van der Waals surface area contributed by atoms with Gasteiger partial charge in [0.2, 0.25) is 0 Å². The molecule has 0 saturated carbocycles. The molecule has 0 unspecified atom stereocenters. The van der Waals surface area contributed by atoms with Gasteiger partial charge in [-0.25, -0.2) is 13.4 Å². The van der Waals surface area contributed by atoms with Crippen molar-refractivity contribution in [2.75, 3.05) is 26.0 Å². The molecular formula is C21H29N3O3S. The molecule has 0 fully saturated rings. The van der Waals surface area contributed by atoms with Crippen LogP contribution < -0.4 is 15.4 Å². The van der Waals surface area contributed by atoms with Crippen molar-refractivity contribution in [1.82, 2.24) is 10.6 Å². The van der Waals surface area contributed by atoms with Crippen LogP contribution in [-0.2, 0) is 22.1 Å². The summed E-state index contributed by atoms with van der Waals surface area (Å²) in [7, 11) is -3.02. The van der Waals surface area contributed by atoms with Crippen LogP contribution in [0.15, 0.2) is 53.5 Å². The molecule has 6 nitrogen and oxygen atoms in total. The van der Waals surface area contributed by atoms with Gasteiger partial charge in [-0.1, -0.05) is 42.0 Å². The molecule has 28 heavy (non-hydrogen) atoms. The Hall–Kier alpha value is -2.54. The number of aliphatic imine (C=N–C) groups is 1. The van der Waals surface area contributed by atoms with E-state index in [1.807, 2.05) is 62.4 Å². The zero-order valence-corrected chi connectivity index (χ0v) is 17.6. The minimum absolute atomic E-state index is 0.0573. The first kappa shape index (κ1) is 21.8. The van der Waals surface area contributed by atoms with E-state index < -0.39 is 9.84 Å². The Balaban J connectivity index is 1.83. The van der Waals surface area contributed by atoms with Gasteiger partial charge in [0.25, 0.3) is 0 Å². The molecule has 0 bridgehead atoms. The summed E-state index contributed by atoms with van der Waals surface area (Å²) in [4.78, 5) is 4.56. The van der Waals surface area contributed by atoms with E-state index >= 15 is 0 Å². The number of guanidine groups is 1. The lowest BCUT2D eigenvalue weighted by atomic mass is 10.1. The Morgan fingerprint density at radius 2 is 1.64 bits per heavy atom. The predicted octanol–water partition coefficient (Wildman–Crippen LogP) is 2.67. The fourth-order valence-electron chi connectivity index (χ4n) is 2.53. The summed E-state index contributed by atoms with van der Waals surface area (Å²) < 4.78 is 28.4. The molecule has 2 aromatic rings. The number of nitrogens with one attached hydrogen (secondary N) is 2. The van der Waals surface area contributed by atoms with Gasteiger partial charge in [0.05, 0.1) is 18.8 Å². The third-order valence-electron chi connectivity index (χ3n) is 3.90. The average molecular weight is 404 g/mol. The molecule has 0 radical (unpaired) electrons. The Morgan fingerprint density at radius 3 is 2.25 bits per heavy atom. The maximum absolute atomic E-state index is 11.4. The van der Waals surface area contributed by atoms with E-state index in [0.29, 0.717) is 19.7 Å². The molecule has 0 aliphatic rings. The lowest BCUT2D eigenvalue weighted by Crippen LogP contribution is -2.39. The van der Waals surface area contributed by atoms with Gasteiger partial charge in [-0.15, -0.1) is 0 Å². The molecule has 0 aliphatic carbocycles. The molecule has 2 N–H and O–H groups in total. The Morgan fingerprint density at radius 1 is 1.00 bits per heavy atom. The van der Waals surface area contributed by atoms with Crippen molar-refractivity contribution in [3.05, 3.63) is 65.2 Å². The first-order chi connectivity index (χ1) is 13.4. The zero-order chi connectivity index (χ0) is 20.4. The average Bonchev–Trinajstić information content (AvgIpc) is 2.64. The van der Waals surface area contributed by atoms with Crippen LogP contribution >= 0.6 is 0 Å². The number of nitrogens with zero attached hydrogens (tertiary/aromatic N) is 1. The first-order valence-corrected chi connectivity index (χ1v) is 11.4. The van der Waals surface area contributed by atoms with Crippen LogP contribution in [0.2, 0.25) is 0 Å². The highest BCUT2D eigenvalue weighted by molar-refractivity contribution is 7.89. The highest BCUT2D eigenvalue weighted by Gasteiger charge is 2.04. The van der Waals surface area contributed by atoms with E-state index in [1.54, 1.807) is 0 Å². The Bertz CT molecular complexity index is 861. The monoisotopic (exact) mass is 403 g/mol. The zero-order valence-electron chi connectivity index (χ0n) is 16.7. The maximum atomic E-state index is 11.4. The first-order valence-electron chi connectivity index (χ1n) is 9.33. The molecule has 7 heteroatoms. The molecule has 152 valence electrons. The second-order valence-corrected chi connectivity index (χ2v) is 8.81. The summed E-state index contributed by atoms with van der Waals surface area (Å²) in [5, 5.41) is 6.46. The fourth-order valence-corrected chi connectivity index (χ4v) is 3.33. The Labute approximate surface area is 168 Å². The van der Waals surface area contributed by atoms with Crippen LogP contribution in [0.25, 0.3) is 0 Å². The van der Waals surface area contributed by atoms with Crippen LogP contribution in [0, 0.1) is 6.92 Å². The highest BCUT2D eigenvalue weighted by atomic mass is 32.2. The number of benzene rings is 2. The van der Waals surface area contributed by atoms with E-state index in [1.165, 1.54) is 11.8 Å². The molecule has 0 aliphatic heterocycles. The van der Waals surface area contributed by atoms with Crippen molar-refractivity contribution in [2.24, 2.45) is 4.99 Å². The van der Waals surface area contributed by atoms with Gasteiger partial charge >= 0.3 is 0 Å². The van der Waals surface area contributed by atoms with E-state index in [4.69, 9.17) is 4.74 Å². The quantitative estimate of drug-likeness (QED) is 0.382. The summed E-state index contributed by atoms with van der Waals surface area (Å²) >= 11 is 0. The Kier molecular flexibility index (Phi) is 8.32. The normalized spacial score (nSPS) is 11.9. The summed E-state index contributed by atoms with van der Waals surface area (Å²) in [6.45, 7) is 6.50. The van der Waals surface area contributed by atoms with Gasteiger partial charge in [-0.05, 0) is 37.1 Å². The predicted molar refractivity (Wildman–Crippen MR) is 114 cm³/mol. The third kappa shape index (κ3) is 8.43. The molecule has 0 saturated heterocycles. The van der Waals surface area contributed by atoms with Crippen LogP contribution in [0.3, 0.4) is 0 Å². The largest absolute Gasteiger partial charge is 0.492 e. The van der Waals surface area contributed by atoms with Gasteiger partial charge < -0.3 is 15.4 Å². The standard InChI is InChI=1S/C21H29N3O3S/c1-4-22-21(23-13-14-27-20-11-5-17(2)6-12-20)24-15-18-7-9-19(10-8-18)16-28(3,25)26/h5-12H,4,13-16H2,1-3H3,(H2,22,23,24). The van der Waals surface area contributed by atoms with Crippen molar-refractivity contribution in [3.63, 3.8) is 0 Å². The molecule has 0 aromatic heterocycles. The van der Waals surface area contributed by atoms with Crippen molar-refractivity contribution in [1.29, 1.82) is 0 Å². The minimum Gasteiger partial charge on any atom is -0.492 e. The molecule has 0 atom stereocenters. The van der Waals surface area contributed by atoms with Crippen LogP contribution in [0.4, 0.5) is 0 Å². The summed E-state index contributed by atoms with van der Waals surface area (Å²) in [5.74, 6) is 1.63. The second kappa shape index (κ2) is 10.7. The minimum atomic E-state index is -3.02. The summed E-state index contributed by atoms with van der Waals surface area (Å²) in [6, 6.07) is 15.5. The summed E-state index contributed by atoms with van der Waals surface area (Å²) in [6.07, 6.45) is 1.24. The number of hydrogen-bond acceptors (Lipinski definition) is 4. The van der Waals surface area contributed by atoms with Crippen LogP contribution in [0.1, 0.15) is 23.6 Å². The molecule has 0 spiro atoms. The van der Waals surface area contributed by atoms with Crippen molar-refractivity contribution < 1.29 is 13.2 Å². The molecule has 2 aromatic carbocycles. The lowest BCUT2D eigenvalue weighted by molar-refractivity contribution is 0.322.